The molecule has 1 aromatic carbocycles. The molecule has 0 aliphatic carbocycles. The van der Waals surface area contributed by atoms with Crippen molar-refractivity contribution in [1.82, 2.24) is 10.6 Å². The molecule has 0 bridgehead atoms. The maximum Gasteiger partial charge on any atom is 0.251 e. The third-order valence-corrected chi connectivity index (χ3v) is 3.96. The van der Waals surface area contributed by atoms with Crippen LogP contribution in [0.15, 0.2) is 24.3 Å². The van der Waals surface area contributed by atoms with Crippen molar-refractivity contribution >= 4 is 11.6 Å². The first kappa shape index (κ1) is 15.8. The lowest BCUT2D eigenvalue weighted by Gasteiger charge is -2.18. The molecule has 5 nitrogen and oxygen atoms in total. The molecule has 2 atom stereocenters. The number of benzene rings is 1. The summed E-state index contributed by atoms with van der Waals surface area (Å²) in [5.41, 5.74) is 1.77. The van der Waals surface area contributed by atoms with Crippen LogP contribution in [0.1, 0.15) is 23.7 Å². The van der Waals surface area contributed by atoms with E-state index in [0.29, 0.717) is 18.7 Å². The standard InChI is InChI=1S/C16H25N3O2/c1-3-8-19(2)14-6-4-12(5-7-14)16(21)18-10-13-9-17-11-15(13)20/h4-7,13,15,17,20H,3,8-11H2,1-2H3,(H,18,21). The van der Waals surface area contributed by atoms with Crippen molar-refractivity contribution in [2.45, 2.75) is 19.4 Å². The smallest absolute Gasteiger partial charge is 0.251 e. The van der Waals surface area contributed by atoms with E-state index < -0.39 is 0 Å². The Morgan fingerprint density at radius 1 is 1.38 bits per heavy atom. The number of aliphatic hydroxyl groups excluding tert-OH is 1. The molecule has 2 unspecified atom stereocenters. The Kier molecular flexibility index (Phi) is 5.59. The molecule has 1 aromatic rings. The minimum atomic E-state index is -0.365. The second-order valence-corrected chi connectivity index (χ2v) is 5.66. The Bertz CT molecular complexity index is 461. The summed E-state index contributed by atoms with van der Waals surface area (Å²) in [6.45, 7) is 5.01. The van der Waals surface area contributed by atoms with Crippen LogP contribution in [0.4, 0.5) is 5.69 Å². The summed E-state index contributed by atoms with van der Waals surface area (Å²) in [5, 5.41) is 15.7. The number of amides is 1. The molecule has 5 heteroatoms. The van der Waals surface area contributed by atoms with Crippen LogP contribution in [-0.2, 0) is 0 Å². The van der Waals surface area contributed by atoms with Crippen molar-refractivity contribution in [2.75, 3.05) is 38.1 Å². The van der Waals surface area contributed by atoms with E-state index >= 15 is 0 Å². The van der Waals surface area contributed by atoms with Gasteiger partial charge in [-0.15, -0.1) is 0 Å². The molecule has 1 amide bonds. The monoisotopic (exact) mass is 291 g/mol. The van der Waals surface area contributed by atoms with Crippen molar-refractivity contribution in [2.24, 2.45) is 5.92 Å². The zero-order valence-corrected chi connectivity index (χ0v) is 12.8. The summed E-state index contributed by atoms with van der Waals surface area (Å²) < 4.78 is 0. The molecule has 0 spiro atoms. The van der Waals surface area contributed by atoms with Crippen LogP contribution >= 0.6 is 0 Å². The van der Waals surface area contributed by atoms with E-state index in [-0.39, 0.29) is 17.9 Å². The molecule has 0 saturated carbocycles. The fraction of sp³-hybridized carbons (Fsp3) is 0.562. The number of hydrogen-bond acceptors (Lipinski definition) is 4. The highest BCUT2D eigenvalue weighted by Gasteiger charge is 2.25. The highest BCUT2D eigenvalue weighted by atomic mass is 16.3. The molecule has 1 saturated heterocycles. The predicted octanol–water partition coefficient (Wildman–Crippen LogP) is 0.843. The SMILES string of the molecule is CCCN(C)c1ccc(C(=O)NCC2CNCC2O)cc1. The predicted molar refractivity (Wildman–Crippen MR) is 84.7 cm³/mol. The van der Waals surface area contributed by atoms with Gasteiger partial charge in [-0.05, 0) is 30.7 Å². The molecule has 3 N–H and O–H groups in total. The molecule has 1 heterocycles. The third kappa shape index (κ3) is 4.19. The molecule has 0 aromatic heterocycles. The fourth-order valence-corrected chi connectivity index (χ4v) is 2.59. The van der Waals surface area contributed by atoms with Gasteiger partial charge in [0, 0.05) is 50.4 Å². The highest BCUT2D eigenvalue weighted by molar-refractivity contribution is 5.94. The van der Waals surface area contributed by atoms with E-state index in [9.17, 15) is 9.90 Å². The van der Waals surface area contributed by atoms with E-state index in [2.05, 4.69) is 22.5 Å². The lowest BCUT2D eigenvalue weighted by molar-refractivity contribution is 0.0927. The number of carbonyl (C=O) groups excluding carboxylic acids is 1. The van der Waals surface area contributed by atoms with E-state index in [1.54, 1.807) is 0 Å². The number of carbonyl (C=O) groups is 1. The van der Waals surface area contributed by atoms with Crippen LogP contribution in [0.2, 0.25) is 0 Å². The zero-order chi connectivity index (χ0) is 15.2. The number of nitrogens with zero attached hydrogens (tertiary/aromatic N) is 1. The van der Waals surface area contributed by atoms with Gasteiger partial charge in [-0.1, -0.05) is 6.92 Å². The summed E-state index contributed by atoms with van der Waals surface area (Å²) in [7, 11) is 2.05. The number of hydrogen-bond donors (Lipinski definition) is 3. The number of β-amino-alcohol motifs (C(OH)–C–C–N with tert-alkyl or cyclic N) is 1. The van der Waals surface area contributed by atoms with Gasteiger partial charge in [-0.3, -0.25) is 4.79 Å². The first-order chi connectivity index (χ1) is 10.1. The minimum Gasteiger partial charge on any atom is -0.391 e. The van der Waals surface area contributed by atoms with E-state index in [0.717, 1.165) is 25.2 Å². The summed E-state index contributed by atoms with van der Waals surface area (Å²) in [6.07, 6.45) is 0.728. The Morgan fingerprint density at radius 3 is 2.67 bits per heavy atom. The Balaban J connectivity index is 1.87. The Hall–Kier alpha value is -1.59. The van der Waals surface area contributed by atoms with Gasteiger partial charge < -0.3 is 20.6 Å². The van der Waals surface area contributed by atoms with Gasteiger partial charge in [0.05, 0.1) is 6.10 Å². The van der Waals surface area contributed by atoms with Crippen molar-refractivity contribution < 1.29 is 9.90 Å². The van der Waals surface area contributed by atoms with Crippen LogP contribution in [-0.4, -0.2) is 50.3 Å². The quantitative estimate of drug-likeness (QED) is 0.727. The molecule has 1 aliphatic rings. The van der Waals surface area contributed by atoms with Gasteiger partial charge in [0.1, 0.15) is 0 Å². The highest BCUT2D eigenvalue weighted by Crippen LogP contribution is 2.14. The van der Waals surface area contributed by atoms with Crippen LogP contribution in [0, 0.1) is 5.92 Å². The molecule has 21 heavy (non-hydrogen) atoms. The van der Waals surface area contributed by atoms with E-state index in [4.69, 9.17) is 0 Å². The summed E-state index contributed by atoms with van der Waals surface area (Å²) in [4.78, 5) is 14.3. The first-order valence-corrected chi connectivity index (χ1v) is 7.60. The van der Waals surface area contributed by atoms with Gasteiger partial charge in [-0.25, -0.2) is 0 Å². The number of aliphatic hydroxyl groups is 1. The van der Waals surface area contributed by atoms with Crippen LogP contribution in [0.5, 0.6) is 0 Å². The second kappa shape index (κ2) is 7.43. The number of anilines is 1. The molecular formula is C16H25N3O2. The Labute approximate surface area is 126 Å². The van der Waals surface area contributed by atoms with Gasteiger partial charge >= 0.3 is 0 Å². The fourth-order valence-electron chi connectivity index (χ4n) is 2.59. The average Bonchev–Trinajstić information content (AvgIpc) is 2.90. The zero-order valence-electron chi connectivity index (χ0n) is 12.8. The molecule has 116 valence electrons. The average molecular weight is 291 g/mol. The van der Waals surface area contributed by atoms with E-state index in [1.807, 2.05) is 31.3 Å². The van der Waals surface area contributed by atoms with Gasteiger partial charge in [0.2, 0.25) is 0 Å². The Morgan fingerprint density at radius 2 is 2.10 bits per heavy atom. The second-order valence-electron chi connectivity index (χ2n) is 5.66. The maximum absolute atomic E-state index is 12.1. The minimum absolute atomic E-state index is 0.0844. The lowest BCUT2D eigenvalue weighted by Crippen LogP contribution is -2.34. The van der Waals surface area contributed by atoms with Gasteiger partial charge in [-0.2, -0.15) is 0 Å². The molecule has 2 rings (SSSR count). The summed E-state index contributed by atoms with van der Waals surface area (Å²) in [6, 6.07) is 7.63. The van der Waals surface area contributed by atoms with Gasteiger partial charge in [0.25, 0.3) is 5.91 Å². The topological polar surface area (TPSA) is 64.6 Å². The molecule has 1 aliphatic heterocycles. The number of nitrogens with one attached hydrogen (secondary N) is 2. The summed E-state index contributed by atoms with van der Waals surface area (Å²) >= 11 is 0. The maximum atomic E-state index is 12.1. The van der Waals surface area contributed by atoms with Crippen molar-refractivity contribution in [3.8, 4) is 0 Å². The normalized spacial score (nSPS) is 21.3. The molecule has 1 fully saturated rings. The van der Waals surface area contributed by atoms with Crippen LogP contribution < -0.4 is 15.5 Å². The van der Waals surface area contributed by atoms with Crippen molar-refractivity contribution in [3.63, 3.8) is 0 Å². The third-order valence-electron chi connectivity index (χ3n) is 3.96. The molecular weight excluding hydrogens is 266 g/mol. The molecule has 0 radical (unpaired) electrons. The number of rotatable bonds is 6. The van der Waals surface area contributed by atoms with Crippen LogP contribution in [0.25, 0.3) is 0 Å². The lowest BCUT2D eigenvalue weighted by atomic mass is 10.1. The van der Waals surface area contributed by atoms with Gasteiger partial charge in [0.15, 0.2) is 0 Å². The van der Waals surface area contributed by atoms with Crippen molar-refractivity contribution in [3.05, 3.63) is 29.8 Å². The van der Waals surface area contributed by atoms with E-state index in [1.165, 1.54) is 0 Å². The van der Waals surface area contributed by atoms with Crippen molar-refractivity contribution in [1.29, 1.82) is 0 Å². The largest absolute Gasteiger partial charge is 0.391 e. The van der Waals surface area contributed by atoms with Crippen LogP contribution in [0.3, 0.4) is 0 Å². The summed E-state index contributed by atoms with van der Waals surface area (Å²) in [5.74, 6) is 0.0164. The first-order valence-electron chi connectivity index (χ1n) is 7.60.